The van der Waals surface area contributed by atoms with Gasteiger partial charge in [-0.1, -0.05) is 61.6 Å². The van der Waals surface area contributed by atoms with E-state index in [1.807, 2.05) is 0 Å². The Morgan fingerprint density at radius 2 is 1.57 bits per heavy atom. The standard InChI is InChI=1S/C20H30O/c1-2-3-4-13-18-21-19-14-8-6-5-7-10-15-20-16-11-9-12-17-20/h3-5,7,9,11-12,16-17H,2,6,8,10,13-15,18-19H2,1H3/b4-3+,7-5+. The fraction of sp³-hybridized carbons (Fsp3) is 0.500. The summed E-state index contributed by atoms with van der Waals surface area (Å²) in [5.74, 6) is 0. The maximum absolute atomic E-state index is 5.59. The SMILES string of the molecule is CC/C=C/CCOCCCC/C=C/CCc1ccccc1. The summed E-state index contributed by atoms with van der Waals surface area (Å²) in [7, 11) is 0. The van der Waals surface area contributed by atoms with E-state index in [1.165, 1.54) is 24.8 Å². The van der Waals surface area contributed by atoms with E-state index in [0.717, 1.165) is 38.9 Å². The number of benzene rings is 1. The van der Waals surface area contributed by atoms with Gasteiger partial charge in [0.1, 0.15) is 0 Å². The Bertz CT molecular complexity index is 378. The van der Waals surface area contributed by atoms with Gasteiger partial charge in [-0.15, -0.1) is 0 Å². The minimum Gasteiger partial charge on any atom is -0.381 e. The summed E-state index contributed by atoms with van der Waals surface area (Å²) in [6.07, 6.45) is 17.1. The predicted molar refractivity (Wildman–Crippen MR) is 92.6 cm³/mol. The monoisotopic (exact) mass is 286 g/mol. The van der Waals surface area contributed by atoms with Crippen LogP contribution in [0.25, 0.3) is 0 Å². The second-order valence-corrected chi connectivity index (χ2v) is 5.27. The van der Waals surface area contributed by atoms with E-state index >= 15 is 0 Å². The molecule has 0 amide bonds. The molecule has 116 valence electrons. The number of ether oxygens (including phenoxy) is 1. The van der Waals surface area contributed by atoms with Crippen LogP contribution < -0.4 is 0 Å². The predicted octanol–water partition coefficient (Wildman–Crippen LogP) is 5.72. The lowest BCUT2D eigenvalue weighted by Crippen LogP contribution is -1.95. The lowest BCUT2D eigenvalue weighted by molar-refractivity contribution is 0.135. The third-order valence-electron chi connectivity index (χ3n) is 3.35. The zero-order valence-electron chi connectivity index (χ0n) is 13.5. The second-order valence-electron chi connectivity index (χ2n) is 5.27. The van der Waals surface area contributed by atoms with Crippen LogP contribution in [0.3, 0.4) is 0 Å². The van der Waals surface area contributed by atoms with E-state index in [-0.39, 0.29) is 0 Å². The van der Waals surface area contributed by atoms with Crippen molar-refractivity contribution < 1.29 is 4.74 Å². The van der Waals surface area contributed by atoms with Crippen LogP contribution in [0.5, 0.6) is 0 Å². The fourth-order valence-corrected chi connectivity index (χ4v) is 2.13. The smallest absolute Gasteiger partial charge is 0.0500 e. The summed E-state index contributed by atoms with van der Waals surface area (Å²) in [6, 6.07) is 10.7. The maximum Gasteiger partial charge on any atom is 0.0500 e. The van der Waals surface area contributed by atoms with Gasteiger partial charge >= 0.3 is 0 Å². The molecule has 0 aromatic heterocycles. The number of hydrogen-bond donors (Lipinski definition) is 0. The molecule has 1 rings (SSSR count). The molecular formula is C20H30O. The van der Waals surface area contributed by atoms with Crippen LogP contribution >= 0.6 is 0 Å². The van der Waals surface area contributed by atoms with Gasteiger partial charge in [0, 0.05) is 6.61 Å². The number of allylic oxidation sites excluding steroid dienone is 3. The Balaban J connectivity index is 1.85. The minimum absolute atomic E-state index is 0.864. The summed E-state index contributed by atoms with van der Waals surface area (Å²) in [6.45, 7) is 3.92. The largest absolute Gasteiger partial charge is 0.381 e. The zero-order valence-corrected chi connectivity index (χ0v) is 13.5. The van der Waals surface area contributed by atoms with Crippen LogP contribution in [-0.2, 0) is 11.2 Å². The molecule has 1 aromatic rings. The third-order valence-corrected chi connectivity index (χ3v) is 3.35. The first-order chi connectivity index (χ1) is 10.4. The summed E-state index contributed by atoms with van der Waals surface area (Å²) in [5, 5.41) is 0. The Morgan fingerprint density at radius 1 is 0.810 bits per heavy atom. The highest BCUT2D eigenvalue weighted by atomic mass is 16.5. The highest BCUT2D eigenvalue weighted by molar-refractivity contribution is 5.15. The van der Waals surface area contributed by atoms with Crippen molar-refractivity contribution in [2.24, 2.45) is 0 Å². The molecule has 0 aliphatic heterocycles. The van der Waals surface area contributed by atoms with Crippen molar-refractivity contribution in [3.8, 4) is 0 Å². The number of rotatable bonds is 12. The van der Waals surface area contributed by atoms with Gasteiger partial charge < -0.3 is 4.74 Å². The molecule has 0 unspecified atom stereocenters. The average molecular weight is 286 g/mol. The van der Waals surface area contributed by atoms with Crippen LogP contribution in [-0.4, -0.2) is 13.2 Å². The molecule has 0 saturated heterocycles. The average Bonchev–Trinajstić information content (AvgIpc) is 2.53. The summed E-state index contributed by atoms with van der Waals surface area (Å²) < 4.78 is 5.59. The topological polar surface area (TPSA) is 9.23 Å². The van der Waals surface area contributed by atoms with Gasteiger partial charge in [0.05, 0.1) is 6.61 Å². The van der Waals surface area contributed by atoms with Crippen molar-refractivity contribution >= 4 is 0 Å². The zero-order chi connectivity index (χ0) is 15.0. The minimum atomic E-state index is 0.864. The van der Waals surface area contributed by atoms with Crippen LogP contribution in [0, 0.1) is 0 Å². The van der Waals surface area contributed by atoms with Crippen molar-refractivity contribution in [3.05, 3.63) is 60.2 Å². The van der Waals surface area contributed by atoms with Gasteiger partial charge in [0.15, 0.2) is 0 Å². The number of unbranched alkanes of at least 4 members (excludes halogenated alkanes) is 2. The van der Waals surface area contributed by atoms with Crippen LogP contribution in [0.1, 0.15) is 51.0 Å². The van der Waals surface area contributed by atoms with E-state index in [4.69, 9.17) is 4.74 Å². The Labute approximate surface area is 130 Å². The number of hydrogen-bond acceptors (Lipinski definition) is 1. The van der Waals surface area contributed by atoms with Crippen LogP contribution in [0.15, 0.2) is 54.6 Å². The van der Waals surface area contributed by atoms with Crippen molar-refractivity contribution in [1.29, 1.82) is 0 Å². The van der Waals surface area contributed by atoms with Crippen molar-refractivity contribution in [2.45, 2.75) is 51.9 Å². The Hall–Kier alpha value is -1.34. The van der Waals surface area contributed by atoms with Crippen molar-refractivity contribution in [1.82, 2.24) is 0 Å². The summed E-state index contributed by atoms with van der Waals surface area (Å²) in [5.41, 5.74) is 1.42. The van der Waals surface area contributed by atoms with E-state index in [0.29, 0.717) is 0 Å². The van der Waals surface area contributed by atoms with E-state index in [9.17, 15) is 0 Å². The lowest BCUT2D eigenvalue weighted by atomic mass is 10.1. The molecular weight excluding hydrogens is 256 g/mol. The van der Waals surface area contributed by atoms with Gasteiger partial charge in [-0.3, -0.25) is 0 Å². The molecule has 0 heterocycles. The van der Waals surface area contributed by atoms with E-state index in [1.54, 1.807) is 0 Å². The Morgan fingerprint density at radius 3 is 2.38 bits per heavy atom. The van der Waals surface area contributed by atoms with Crippen molar-refractivity contribution in [3.63, 3.8) is 0 Å². The van der Waals surface area contributed by atoms with Crippen molar-refractivity contribution in [2.75, 3.05) is 13.2 Å². The van der Waals surface area contributed by atoms with Crippen LogP contribution in [0.2, 0.25) is 0 Å². The van der Waals surface area contributed by atoms with Gasteiger partial charge in [-0.25, -0.2) is 0 Å². The van der Waals surface area contributed by atoms with E-state index in [2.05, 4.69) is 61.6 Å². The molecule has 1 nitrogen and oxygen atoms in total. The summed E-state index contributed by atoms with van der Waals surface area (Å²) >= 11 is 0. The highest BCUT2D eigenvalue weighted by Gasteiger charge is 1.90. The molecule has 0 saturated carbocycles. The summed E-state index contributed by atoms with van der Waals surface area (Å²) in [4.78, 5) is 0. The maximum atomic E-state index is 5.59. The highest BCUT2D eigenvalue weighted by Crippen LogP contribution is 2.04. The quantitative estimate of drug-likeness (QED) is 0.353. The van der Waals surface area contributed by atoms with Gasteiger partial charge in [0.25, 0.3) is 0 Å². The Kier molecular flexibility index (Phi) is 11.5. The molecule has 21 heavy (non-hydrogen) atoms. The molecule has 0 radical (unpaired) electrons. The molecule has 0 aliphatic carbocycles. The first kappa shape index (κ1) is 17.7. The lowest BCUT2D eigenvalue weighted by Gasteiger charge is -2.01. The second kappa shape index (κ2) is 13.6. The fourth-order valence-electron chi connectivity index (χ4n) is 2.13. The van der Waals surface area contributed by atoms with Gasteiger partial charge in [0.2, 0.25) is 0 Å². The molecule has 0 N–H and O–H groups in total. The normalized spacial score (nSPS) is 11.7. The molecule has 0 spiro atoms. The number of aryl methyl sites for hydroxylation is 1. The molecule has 0 fully saturated rings. The van der Waals surface area contributed by atoms with Gasteiger partial charge in [-0.05, 0) is 50.5 Å². The first-order valence-corrected chi connectivity index (χ1v) is 8.35. The molecule has 0 bridgehead atoms. The first-order valence-electron chi connectivity index (χ1n) is 8.35. The molecule has 1 aromatic carbocycles. The third kappa shape index (κ3) is 11.0. The van der Waals surface area contributed by atoms with Gasteiger partial charge in [-0.2, -0.15) is 0 Å². The van der Waals surface area contributed by atoms with E-state index < -0.39 is 0 Å². The van der Waals surface area contributed by atoms with Crippen LogP contribution in [0.4, 0.5) is 0 Å². The molecule has 0 aliphatic rings. The molecule has 0 atom stereocenters. The molecule has 1 heteroatoms.